The molecule has 3 heterocycles. The second-order valence-electron chi connectivity index (χ2n) is 7.21. The van der Waals surface area contributed by atoms with Crippen molar-refractivity contribution in [1.29, 1.82) is 0 Å². The molecule has 0 saturated carbocycles. The summed E-state index contributed by atoms with van der Waals surface area (Å²) in [7, 11) is 0. The average molecular weight is 377 g/mol. The summed E-state index contributed by atoms with van der Waals surface area (Å²) in [5.41, 5.74) is 4.50. The van der Waals surface area contributed by atoms with Crippen LogP contribution in [-0.2, 0) is 11.2 Å². The molecule has 142 valence electrons. The Morgan fingerprint density at radius 3 is 2.82 bits per heavy atom. The van der Waals surface area contributed by atoms with E-state index < -0.39 is 5.82 Å². The maximum Gasteiger partial charge on any atom is 0.234 e. The van der Waals surface area contributed by atoms with Crippen molar-refractivity contribution < 1.29 is 9.18 Å². The van der Waals surface area contributed by atoms with Crippen LogP contribution in [-0.4, -0.2) is 46.3 Å². The quantitative estimate of drug-likeness (QED) is 0.743. The first-order chi connectivity index (χ1) is 13.7. The molecule has 3 aromatic rings. The lowest BCUT2D eigenvalue weighted by Crippen LogP contribution is -2.43. The van der Waals surface area contributed by atoms with Gasteiger partial charge in [-0.05, 0) is 35.8 Å². The molecule has 0 amide bonds. The normalized spacial score (nSPS) is 17.4. The topological polar surface area (TPSA) is 62.5 Å². The number of allylic oxidation sites excluding steroid dienone is 1. The third-order valence-electron chi connectivity index (χ3n) is 5.38. The van der Waals surface area contributed by atoms with Crippen molar-refractivity contribution in [2.45, 2.75) is 12.8 Å². The van der Waals surface area contributed by atoms with Gasteiger partial charge in [-0.15, -0.1) is 0 Å². The summed E-state index contributed by atoms with van der Waals surface area (Å²) >= 11 is 0. The fourth-order valence-electron chi connectivity index (χ4n) is 3.89. The zero-order valence-electron chi connectivity index (χ0n) is 15.4. The zero-order valence-corrected chi connectivity index (χ0v) is 15.4. The van der Waals surface area contributed by atoms with Crippen LogP contribution in [0, 0.1) is 5.82 Å². The van der Waals surface area contributed by atoms with E-state index >= 15 is 0 Å². The third kappa shape index (κ3) is 3.07. The summed E-state index contributed by atoms with van der Waals surface area (Å²) in [6, 6.07) is 6.40. The first-order valence-corrected chi connectivity index (χ1v) is 9.51. The number of carbonyl (C=O) groups is 1. The number of anilines is 1. The molecule has 1 N–H and O–H groups in total. The van der Waals surface area contributed by atoms with Gasteiger partial charge in [0.1, 0.15) is 0 Å². The van der Waals surface area contributed by atoms with E-state index in [0.717, 1.165) is 37.9 Å². The van der Waals surface area contributed by atoms with Crippen LogP contribution in [0.25, 0.3) is 17.4 Å². The predicted octanol–water partition coefficient (Wildman–Crippen LogP) is 2.33. The van der Waals surface area contributed by atoms with Crippen molar-refractivity contribution in [3.05, 3.63) is 59.4 Å². The lowest BCUT2D eigenvalue weighted by Gasteiger charge is -2.30. The minimum absolute atomic E-state index is 0.0452. The Kier molecular flexibility index (Phi) is 4.16. The fraction of sp³-hybridized carbons (Fsp3) is 0.286. The fourth-order valence-corrected chi connectivity index (χ4v) is 3.89. The van der Waals surface area contributed by atoms with Crippen LogP contribution < -0.4 is 10.2 Å². The molecule has 7 heteroatoms. The molecule has 0 spiro atoms. The number of Topliss-reactive ketones (excluding diaryl/α,β-unsaturated/α-hetero) is 1. The molecule has 2 aliphatic rings. The van der Waals surface area contributed by atoms with Crippen molar-refractivity contribution in [3.8, 4) is 0 Å². The highest BCUT2D eigenvalue weighted by Gasteiger charge is 2.21. The van der Waals surface area contributed by atoms with Gasteiger partial charge < -0.3 is 10.2 Å². The van der Waals surface area contributed by atoms with E-state index in [9.17, 15) is 9.18 Å². The predicted molar refractivity (Wildman–Crippen MR) is 106 cm³/mol. The number of aromatic nitrogens is 3. The molecule has 0 radical (unpaired) electrons. The van der Waals surface area contributed by atoms with Crippen LogP contribution >= 0.6 is 0 Å². The van der Waals surface area contributed by atoms with E-state index in [1.807, 2.05) is 6.08 Å². The Labute approximate surface area is 161 Å². The molecular weight excluding hydrogens is 357 g/mol. The first kappa shape index (κ1) is 17.1. The smallest absolute Gasteiger partial charge is 0.234 e. The molecule has 0 bridgehead atoms. The largest absolute Gasteiger partial charge is 0.369 e. The van der Waals surface area contributed by atoms with E-state index in [1.54, 1.807) is 6.20 Å². The number of halogens is 1. The van der Waals surface area contributed by atoms with Gasteiger partial charge in [0, 0.05) is 56.3 Å². The van der Waals surface area contributed by atoms with Crippen LogP contribution in [0.5, 0.6) is 0 Å². The van der Waals surface area contributed by atoms with Crippen molar-refractivity contribution in [2.75, 3.05) is 31.1 Å². The van der Waals surface area contributed by atoms with Crippen LogP contribution in [0.4, 0.5) is 10.1 Å². The molecule has 5 rings (SSSR count). The first-order valence-electron chi connectivity index (χ1n) is 9.51. The van der Waals surface area contributed by atoms with Gasteiger partial charge in [0.25, 0.3) is 0 Å². The van der Waals surface area contributed by atoms with Gasteiger partial charge in [0.15, 0.2) is 11.6 Å². The lowest BCUT2D eigenvalue weighted by atomic mass is 10.0. The number of rotatable bonds is 2. The Balaban J connectivity index is 1.53. The molecule has 6 nitrogen and oxygen atoms in total. The molecule has 2 aromatic heterocycles. The number of imidazole rings is 1. The van der Waals surface area contributed by atoms with Gasteiger partial charge in [0.05, 0.1) is 11.9 Å². The summed E-state index contributed by atoms with van der Waals surface area (Å²) in [6.45, 7) is 3.96. The summed E-state index contributed by atoms with van der Waals surface area (Å²) in [4.78, 5) is 23.5. The van der Waals surface area contributed by atoms with Crippen LogP contribution in [0.3, 0.4) is 0 Å². The molecule has 1 fully saturated rings. The van der Waals surface area contributed by atoms with Gasteiger partial charge in [-0.25, -0.2) is 14.4 Å². The number of nitrogens with zero attached hydrogens (tertiary/aromatic N) is 4. The summed E-state index contributed by atoms with van der Waals surface area (Å²) in [6.07, 6.45) is 7.14. The highest BCUT2D eigenvalue weighted by molar-refractivity contribution is 6.25. The van der Waals surface area contributed by atoms with Gasteiger partial charge in [0.2, 0.25) is 5.78 Å². The third-order valence-corrected chi connectivity index (χ3v) is 5.38. The molecule has 1 aromatic carbocycles. The van der Waals surface area contributed by atoms with Crippen molar-refractivity contribution >= 4 is 28.9 Å². The Bertz CT molecular complexity index is 1100. The monoisotopic (exact) mass is 377 g/mol. The van der Waals surface area contributed by atoms with Crippen LogP contribution in [0.2, 0.25) is 0 Å². The molecular formula is C21H20FN5O. The van der Waals surface area contributed by atoms with E-state index in [0.29, 0.717) is 29.9 Å². The maximum absolute atomic E-state index is 13.4. The van der Waals surface area contributed by atoms with Gasteiger partial charge in [-0.1, -0.05) is 6.07 Å². The van der Waals surface area contributed by atoms with Crippen LogP contribution in [0.15, 0.2) is 36.8 Å². The molecule has 1 aliphatic heterocycles. The SMILES string of the molecule is O=C1CCc2cc(N3CCNCC3)ccc2C=C1c1cn2cc(F)cnc2n1. The zero-order chi connectivity index (χ0) is 19.1. The Hall–Kier alpha value is -3.06. The van der Waals surface area contributed by atoms with Crippen molar-refractivity contribution in [3.63, 3.8) is 0 Å². The summed E-state index contributed by atoms with van der Waals surface area (Å²) in [5.74, 6) is -0.0177. The Morgan fingerprint density at radius 1 is 1.11 bits per heavy atom. The maximum atomic E-state index is 13.4. The highest BCUT2D eigenvalue weighted by atomic mass is 19.1. The average Bonchev–Trinajstić information content (AvgIpc) is 3.06. The molecule has 0 unspecified atom stereocenters. The molecule has 28 heavy (non-hydrogen) atoms. The number of hydrogen-bond donors (Lipinski definition) is 1. The van der Waals surface area contributed by atoms with Crippen molar-refractivity contribution in [1.82, 2.24) is 19.7 Å². The standard InChI is InChI=1S/C21H20FN5O/c22-16-11-24-21-25-19(13-27(21)12-16)18-10-15-1-3-17(26-7-5-23-6-8-26)9-14(15)2-4-20(18)28/h1,3,9-13,23H,2,4-8H2. The van der Waals surface area contributed by atoms with Gasteiger partial charge in [-0.2, -0.15) is 0 Å². The number of fused-ring (bicyclic) bond motifs is 2. The molecule has 0 atom stereocenters. The number of benzene rings is 1. The number of hydrogen-bond acceptors (Lipinski definition) is 5. The number of nitrogens with one attached hydrogen (secondary N) is 1. The van der Waals surface area contributed by atoms with Crippen molar-refractivity contribution in [2.24, 2.45) is 0 Å². The number of aryl methyl sites for hydroxylation is 1. The minimum atomic E-state index is -0.441. The molecule has 1 aliphatic carbocycles. The summed E-state index contributed by atoms with van der Waals surface area (Å²) < 4.78 is 14.9. The van der Waals surface area contributed by atoms with Gasteiger partial charge in [-0.3, -0.25) is 9.20 Å². The minimum Gasteiger partial charge on any atom is -0.369 e. The highest BCUT2D eigenvalue weighted by Crippen LogP contribution is 2.30. The second-order valence-corrected chi connectivity index (χ2v) is 7.21. The number of piperazine rings is 1. The Morgan fingerprint density at radius 2 is 1.96 bits per heavy atom. The lowest BCUT2D eigenvalue weighted by molar-refractivity contribution is -0.113. The van der Waals surface area contributed by atoms with E-state index in [1.165, 1.54) is 21.8 Å². The van der Waals surface area contributed by atoms with E-state index in [4.69, 9.17) is 0 Å². The summed E-state index contributed by atoms with van der Waals surface area (Å²) in [5, 5.41) is 3.37. The second kappa shape index (κ2) is 6.83. The number of ketones is 1. The van der Waals surface area contributed by atoms with E-state index in [2.05, 4.69) is 38.4 Å². The number of carbonyl (C=O) groups excluding carboxylic acids is 1. The van der Waals surface area contributed by atoms with Crippen LogP contribution in [0.1, 0.15) is 23.2 Å². The molecule has 1 saturated heterocycles. The van der Waals surface area contributed by atoms with E-state index in [-0.39, 0.29) is 5.78 Å². The van der Waals surface area contributed by atoms with Gasteiger partial charge >= 0.3 is 0 Å².